The minimum Gasteiger partial charge on any atom is -0.205 e. The summed E-state index contributed by atoms with van der Waals surface area (Å²) >= 11 is 0. The van der Waals surface area contributed by atoms with Crippen LogP contribution in [0.1, 0.15) is 68.2 Å². The van der Waals surface area contributed by atoms with Crippen molar-refractivity contribution in [2.75, 3.05) is 0 Å². The van der Waals surface area contributed by atoms with Crippen molar-refractivity contribution in [2.45, 2.75) is 58.8 Å². The molecule has 0 unspecified atom stereocenters. The summed E-state index contributed by atoms with van der Waals surface area (Å²) in [5.41, 5.74) is 6.31. The van der Waals surface area contributed by atoms with Crippen molar-refractivity contribution in [2.24, 2.45) is 0 Å². The van der Waals surface area contributed by atoms with Crippen LogP contribution in [0.15, 0.2) is 91.0 Å². The van der Waals surface area contributed by atoms with Gasteiger partial charge in [-0.05, 0) is 78.4 Å². The van der Waals surface area contributed by atoms with Crippen LogP contribution in [0.25, 0.3) is 21.9 Å². The minimum atomic E-state index is -0.244. The fourth-order valence-corrected chi connectivity index (χ4v) is 4.52. The number of rotatable bonds is 9. The van der Waals surface area contributed by atoms with Gasteiger partial charge < -0.3 is 0 Å². The fraction of sp³-hybridized carbons (Fsp3) is 0.257. The number of halogens is 1. The monoisotopic (exact) mass is 474 g/mol. The highest BCUT2D eigenvalue weighted by Crippen LogP contribution is 2.24. The first-order valence-electron chi connectivity index (χ1n) is 13.2. The van der Waals surface area contributed by atoms with E-state index >= 15 is 4.39 Å². The Labute approximate surface area is 215 Å². The first-order chi connectivity index (χ1) is 17.7. The van der Waals surface area contributed by atoms with E-state index < -0.39 is 0 Å². The lowest BCUT2D eigenvalue weighted by atomic mass is 10.00. The second-order valence-corrected chi connectivity index (χ2v) is 9.43. The maximum Gasteiger partial charge on any atom is 0.146 e. The van der Waals surface area contributed by atoms with E-state index in [0.29, 0.717) is 10.9 Å². The molecule has 0 nitrogen and oxygen atoms in total. The molecule has 0 amide bonds. The van der Waals surface area contributed by atoms with Crippen molar-refractivity contribution in [3.05, 3.63) is 119 Å². The number of unbranched alkanes of at least 4 members (excludes halogenated alkanes) is 3. The molecule has 1 heteroatoms. The Balaban J connectivity index is 1.43. The molecular formula is C35H35F. The molecule has 0 radical (unpaired) electrons. The van der Waals surface area contributed by atoms with Crippen LogP contribution >= 0.6 is 0 Å². The highest BCUT2D eigenvalue weighted by Gasteiger charge is 2.07. The van der Waals surface area contributed by atoms with E-state index in [0.717, 1.165) is 30.2 Å². The van der Waals surface area contributed by atoms with Gasteiger partial charge in [0, 0.05) is 10.9 Å². The Morgan fingerprint density at radius 2 is 1.44 bits per heavy atom. The zero-order valence-corrected chi connectivity index (χ0v) is 21.5. The number of fused-ring (bicyclic) bond motifs is 1. The van der Waals surface area contributed by atoms with E-state index in [1.165, 1.54) is 47.9 Å². The van der Waals surface area contributed by atoms with Crippen LogP contribution in [-0.2, 0) is 12.8 Å². The summed E-state index contributed by atoms with van der Waals surface area (Å²) in [7, 11) is 0. The third kappa shape index (κ3) is 6.73. The van der Waals surface area contributed by atoms with Gasteiger partial charge in [-0.2, -0.15) is 0 Å². The van der Waals surface area contributed by atoms with Crippen LogP contribution in [0.5, 0.6) is 0 Å². The lowest BCUT2D eigenvalue weighted by molar-refractivity contribution is 0.636. The lowest BCUT2D eigenvalue weighted by Crippen LogP contribution is -1.89. The van der Waals surface area contributed by atoms with Gasteiger partial charge in [0.15, 0.2) is 0 Å². The zero-order valence-electron chi connectivity index (χ0n) is 21.5. The van der Waals surface area contributed by atoms with Crippen molar-refractivity contribution in [1.82, 2.24) is 0 Å². The van der Waals surface area contributed by atoms with Crippen molar-refractivity contribution < 1.29 is 4.39 Å². The molecule has 0 saturated heterocycles. The third-order valence-corrected chi connectivity index (χ3v) is 6.69. The molecule has 0 aromatic heterocycles. The molecule has 0 aliphatic rings. The van der Waals surface area contributed by atoms with Crippen molar-refractivity contribution in [3.63, 3.8) is 0 Å². The third-order valence-electron chi connectivity index (χ3n) is 6.69. The molecule has 4 aromatic rings. The summed E-state index contributed by atoms with van der Waals surface area (Å²) in [4.78, 5) is 0. The van der Waals surface area contributed by atoms with Crippen LogP contribution in [0.2, 0.25) is 0 Å². The Hall–Kier alpha value is -3.63. The van der Waals surface area contributed by atoms with Crippen LogP contribution in [-0.4, -0.2) is 0 Å². The number of benzene rings is 4. The van der Waals surface area contributed by atoms with Gasteiger partial charge in [-0.3, -0.25) is 0 Å². The number of allylic oxidation sites excluding steroid dienone is 2. The minimum absolute atomic E-state index is 0.244. The first kappa shape index (κ1) is 25.5. The average molecular weight is 475 g/mol. The van der Waals surface area contributed by atoms with Crippen molar-refractivity contribution in [1.29, 1.82) is 0 Å². The van der Waals surface area contributed by atoms with Gasteiger partial charge in [-0.25, -0.2) is 4.39 Å². The van der Waals surface area contributed by atoms with E-state index in [2.05, 4.69) is 73.4 Å². The molecule has 0 fully saturated rings. The highest BCUT2D eigenvalue weighted by molar-refractivity contribution is 5.85. The molecule has 0 saturated carbocycles. The second kappa shape index (κ2) is 12.9. The van der Waals surface area contributed by atoms with E-state index in [4.69, 9.17) is 0 Å². The molecule has 0 aliphatic carbocycles. The molecule has 0 N–H and O–H groups in total. The van der Waals surface area contributed by atoms with Crippen molar-refractivity contribution >= 4 is 10.8 Å². The summed E-state index contributed by atoms with van der Waals surface area (Å²) in [6.45, 7) is 4.27. The number of hydrogen-bond donors (Lipinski definition) is 0. The molecular weight excluding hydrogens is 439 g/mol. The second-order valence-electron chi connectivity index (χ2n) is 9.43. The molecule has 0 bridgehead atoms. The molecule has 0 aliphatic heterocycles. The molecule has 36 heavy (non-hydrogen) atoms. The predicted molar refractivity (Wildman–Crippen MR) is 153 cm³/mol. The predicted octanol–water partition coefficient (Wildman–Crippen LogP) is 9.68. The Bertz CT molecular complexity index is 1360. The summed E-state index contributed by atoms with van der Waals surface area (Å²) in [6, 6.07) is 26.8. The number of aryl methyl sites for hydroxylation is 2. The maximum absolute atomic E-state index is 15.1. The van der Waals surface area contributed by atoms with Gasteiger partial charge in [-0.1, -0.05) is 111 Å². The molecule has 0 spiro atoms. The Morgan fingerprint density at radius 3 is 2.17 bits per heavy atom. The topological polar surface area (TPSA) is 0 Å². The SMILES string of the molecule is C/C=C/CCc1ccc2c(F)c(C#Cc3ccc(-c4ccc(CCCCCC)cc4)cc3)ccc2c1. The van der Waals surface area contributed by atoms with E-state index in [1.54, 1.807) is 6.07 Å². The summed E-state index contributed by atoms with van der Waals surface area (Å²) in [6.07, 6.45) is 12.5. The average Bonchev–Trinajstić information content (AvgIpc) is 2.92. The molecule has 0 atom stereocenters. The smallest absolute Gasteiger partial charge is 0.146 e. The fourth-order valence-electron chi connectivity index (χ4n) is 4.52. The van der Waals surface area contributed by atoms with Gasteiger partial charge >= 0.3 is 0 Å². The van der Waals surface area contributed by atoms with E-state index in [1.807, 2.05) is 37.3 Å². The highest BCUT2D eigenvalue weighted by atomic mass is 19.1. The summed E-state index contributed by atoms with van der Waals surface area (Å²) in [5.74, 6) is 5.93. The quantitative estimate of drug-likeness (QED) is 0.129. The van der Waals surface area contributed by atoms with Gasteiger partial charge in [0.25, 0.3) is 0 Å². The molecule has 0 heterocycles. The van der Waals surface area contributed by atoms with E-state index in [9.17, 15) is 0 Å². The summed E-state index contributed by atoms with van der Waals surface area (Å²) < 4.78 is 15.1. The Kier molecular flexibility index (Phi) is 9.12. The molecule has 4 aromatic carbocycles. The van der Waals surface area contributed by atoms with Crippen LogP contribution in [0.4, 0.5) is 4.39 Å². The lowest BCUT2D eigenvalue weighted by Gasteiger charge is -2.06. The molecule has 182 valence electrons. The van der Waals surface area contributed by atoms with Crippen LogP contribution < -0.4 is 0 Å². The zero-order chi connectivity index (χ0) is 25.2. The maximum atomic E-state index is 15.1. The summed E-state index contributed by atoms with van der Waals surface area (Å²) in [5, 5.41) is 1.55. The largest absolute Gasteiger partial charge is 0.205 e. The van der Waals surface area contributed by atoms with Gasteiger partial charge in [-0.15, -0.1) is 0 Å². The van der Waals surface area contributed by atoms with Gasteiger partial charge in [0.2, 0.25) is 0 Å². The Morgan fingerprint density at radius 1 is 0.722 bits per heavy atom. The molecule has 4 rings (SSSR count). The normalized spacial score (nSPS) is 11.1. The first-order valence-corrected chi connectivity index (χ1v) is 13.2. The standard InChI is InChI=1S/C35H35F/c1-3-5-7-9-10-27-12-18-30(19-13-27)31-20-14-28(15-21-31)16-22-32-23-24-33-26-29(11-8-6-4-2)17-25-34(33)35(32)36/h4,6,12-15,17-21,23-26H,3,5,7-11H2,1-2H3/b6-4+. The van der Waals surface area contributed by atoms with Crippen LogP contribution in [0.3, 0.4) is 0 Å². The van der Waals surface area contributed by atoms with Crippen molar-refractivity contribution in [3.8, 4) is 23.0 Å². The van der Waals surface area contributed by atoms with Crippen LogP contribution in [0, 0.1) is 17.7 Å². The van der Waals surface area contributed by atoms with Gasteiger partial charge in [0.05, 0.1) is 5.56 Å². The number of hydrogen-bond acceptors (Lipinski definition) is 0. The van der Waals surface area contributed by atoms with E-state index in [-0.39, 0.29) is 5.82 Å². The van der Waals surface area contributed by atoms with Gasteiger partial charge in [0.1, 0.15) is 5.82 Å².